The van der Waals surface area contributed by atoms with Crippen LogP contribution in [0.5, 0.6) is 0 Å². The van der Waals surface area contributed by atoms with Crippen molar-refractivity contribution in [2.75, 3.05) is 6.54 Å². The second kappa shape index (κ2) is 7.11. The zero-order chi connectivity index (χ0) is 15.3. The van der Waals surface area contributed by atoms with Crippen LogP contribution < -0.4 is 5.32 Å². The standard InChI is InChI=1S/C19H24ClN/c1-19(2,3)17-11-9-15(10-12-17)13-21-14-18(20)16-7-5-4-6-8-16/h4-12,18,21H,13-14H2,1-3H3. The van der Waals surface area contributed by atoms with Crippen LogP contribution in [0.15, 0.2) is 54.6 Å². The molecule has 0 spiro atoms. The van der Waals surface area contributed by atoms with E-state index in [0.717, 1.165) is 18.7 Å². The van der Waals surface area contributed by atoms with E-state index in [0.29, 0.717) is 0 Å². The molecule has 1 N–H and O–H groups in total. The van der Waals surface area contributed by atoms with Crippen LogP contribution in [0, 0.1) is 0 Å². The molecule has 0 aliphatic rings. The number of benzene rings is 2. The van der Waals surface area contributed by atoms with Gasteiger partial charge in [-0.25, -0.2) is 0 Å². The topological polar surface area (TPSA) is 12.0 Å². The SMILES string of the molecule is CC(C)(C)c1ccc(CNCC(Cl)c2ccccc2)cc1. The Morgan fingerprint density at radius 1 is 0.952 bits per heavy atom. The monoisotopic (exact) mass is 301 g/mol. The predicted molar refractivity (Wildman–Crippen MR) is 91.9 cm³/mol. The first-order valence-electron chi connectivity index (χ1n) is 7.46. The number of alkyl halides is 1. The van der Waals surface area contributed by atoms with Crippen molar-refractivity contribution in [3.8, 4) is 0 Å². The number of nitrogens with one attached hydrogen (secondary N) is 1. The summed E-state index contributed by atoms with van der Waals surface area (Å²) in [7, 11) is 0. The number of halogens is 1. The number of hydrogen-bond donors (Lipinski definition) is 1. The van der Waals surface area contributed by atoms with Crippen molar-refractivity contribution < 1.29 is 0 Å². The molecule has 0 saturated heterocycles. The lowest BCUT2D eigenvalue weighted by Gasteiger charge is -2.19. The van der Waals surface area contributed by atoms with E-state index < -0.39 is 0 Å². The van der Waals surface area contributed by atoms with Crippen molar-refractivity contribution in [1.82, 2.24) is 5.32 Å². The van der Waals surface area contributed by atoms with Gasteiger partial charge in [0.1, 0.15) is 0 Å². The van der Waals surface area contributed by atoms with E-state index in [1.54, 1.807) is 0 Å². The minimum atomic E-state index is 0.0139. The van der Waals surface area contributed by atoms with Gasteiger partial charge in [0.15, 0.2) is 0 Å². The average molecular weight is 302 g/mol. The molecule has 0 aromatic heterocycles. The largest absolute Gasteiger partial charge is 0.311 e. The van der Waals surface area contributed by atoms with Crippen molar-refractivity contribution >= 4 is 11.6 Å². The van der Waals surface area contributed by atoms with Gasteiger partial charge in [0.25, 0.3) is 0 Å². The fraction of sp³-hybridized carbons (Fsp3) is 0.368. The first-order valence-corrected chi connectivity index (χ1v) is 7.89. The fourth-order valence-corrected chi connectivity index (χ4v) is 2.50. The molecule has 0 fully saturated rings. The smallest absolute Gasteiger partial charge is 0.0709 e. The van der Waals surface area contributed by atoms with E-state index in [1.165, 1.54) is 11.1 Å². The van der Waals surface area contributed by atoms with Crippen molar-refractivity contribution in [3.63, 3.8) is 0 Å². The van der Waals surface area contributed by atoms with Crippen LogP contribution in [-0.2, 0) is 12.0 Å². The lowest BCUT2D eigenvalue weighted by Crippen LogP contribution is -2.18. The number of hydrogen-bond acceptors (Lipinski definition) is 1. The Morgan fingerprint density at radius 2 is 1.57 bits per heavy atom. The molecular weight excluding hydrogens is 278 g/mol. The molecule has 0 aliphatic heterocycles. The van der Waals surface area contributed by atoms with E-state index in [9.17, 15) is 0 Å². The van der Waals surface area contributed by atoms with Gasteiger partial charge in [-0.1, -0.05) is 75.4 Å². The molecular formula is C19H24ClN. The summed E-state index contributed by atoms with van der Waals surface area (Å²) in [4.78, 5) is 0. The molecule has 112 valence electrons. The van der Waals surface area contributed by atoms with Crippen LogP contribution in [0.1, 0.15) is 42.8 Å². The normalized spacial score (nSPS) is 13.1. The molecule has 1 atom stereocenters. The highest BCUT2D eigenvalue weighted by Crippen LogP contribution is 2.22. The lowest BCUT2D eigenvalue weighted by atomic mass is 9.87. The van der Waals surface area contributed by atoms with E-state index in [4.69, 9.17) is 11.6 Å². The molecule has 0 radical (unpaired) electrons. The minimum absolute atomic E-state index is 0.0139. The highest BCUT2D eigenvalue weighted by molar-refractivity contribution is 6.21. The maximum atomic E-state index is 6.40. The van der Waals surface area contributed by atoms with Crippen molar-refractivity contribution in [2.24, 2.45) is 0 Å². The summed E-state index contributed by atoms with van der Waals surface area (Å²) in [6, 6.07) is 19.0. The van der Waals surface area contributed by atoms with Gasteiger partial charge in [-0.3, -0.25) is 0 Å². The van der Waals surface area contributed by atoms with E-state index in [-0.39, 0.29) is 10.8 Å². The highest BCUT2D eigenvalue weighted by atomic mass is 35.5. The summed E-state index contributed by atoms with van der Waals surface area (Å²) in [6.07, 6.45) is 0. The maximum Gasteiger partial charge on any atom is 0.0709 e. The second-order valence-electron chi connectivity index (χ2n) is 6.46. The summed E-state index contributed by atoms with van der Waals surface area (Å²) in [5.41, 5.74) is 4.03. The fourth-order valence-electron chi connectivity index (χ4n) is 2.25. The summed E-state index contributed by atoms with van der Waals surface area (Å²) < 4.78 is 0. The highest BCUT2D eigenvalue weighted by Gasteiger charge is 2.12. The Bertz CT molecular complexity index is 540. The first kappa shape index (κ1) is 16.1. The van der Waals surface area contributed by atoms with Gasteiger partial charge in [-0.05, 0) is 22.1 Å². The number of rotatable bonds is 5. The van der Waals surface area contributed by atoms with Gasteiger partial charge in [0.05, 0.1) is 5.38 Å². The van der Waals surface area contributed by atoms with Crippen LogP contribution >= 0.6 is 11.6 Å². The molecule has 2 aromatic carbocycles. The molecule has 1 nitrogen and oxygen atoms in total. The predicted octanol–water partition coefficient (Wildman–Crippen LogP) is 5.05. The van der Waals surface area contributed by atoms with Crippen LogP contribution in [0.4, 0.5) is 0 Å². The van der Waals surface area contributed by atoms with Crippen molar-refractivity contribution in [2.45, 2.75) is 38.1 Å². The molecule has 0 bridgehead atoms. The zero-order valence-electron chi connectivity index (χ0n) is 13.1. The zero-order valence-corrected chi connectivity index (χ0v) is 13.8. The summed E-state index contributed by atoms with van der Waals surface area (Å²) in [5, 5.41) is 3.44. The molecule has 21 heavy (non-hydrogen) atoms. The van der Waals surface area contributed by atoms with Gasteiger partial charge in [-0.15, -0.1) is 11.6 Å². The van der Waals surface area contributed by atoms with Gasteiger partial charge in [-0.2, -0.15) is 0 Å². The Labute approximate surface area is 133 Å². The molecule has 2 heteroatoms. The molecule has 2 rings (SSSR count). The molecule has 0 heterocycles. The van der Waals surface area contributed by atoms with Crippen LogP contribution in [0.25, 0.3) is 0 Å². The van der Waals surface area contributed by atoms with Crippen LogP contribution in [0.3, 0.4) is 0 Å². The molecule has 2 aromatic rings. The molecule has 0 amide bonds. The molecule has 1 unspecified atom stereocenters. The Morgan fingerprint density at radius 3 is 2.14 bits per heavy atom. The van der Waals surface area contributed by atoms with Crippen LogP contribution in [0.2, 0.25) is 0 Å². The third kappa shape index (κ3) is 4.87. The summed E-state index contributed by atoms with van der Waals surface area (Å²) in [5.74, 6) is 0. The molecule has 0 saturated carbocycles. The Balaban J connectivity index is 1.84. The molecule has 0 aliphatic carbocycles. The summed E-state index contributed by atoms with van der Waals surface area (Å²) >= 11 is 6.40. The Hall–Kier alpha value is -1.31. The van der Waals surface area contributed by atoms with E-state index in [2.05, 4.69) is 62.5 Å². The second-order valence-corrected chi connectivity index (χ2v) is 6.98. The lowest BCUT2D eigenvalue weighted by molar-refractivity contribution is 0.589. The quantitative estimate of drug-likeness (QED) is 0.762. The third-order valence-electron chi connectivity index (χ3n) is 3.63. The third-order valence-corrected chi connectivity index (χ3v) is 4.04. The minimum Gasteiger partial charge on any atom is -0.311 e. The van der Waals surface area contributed by atoms with Crippen LogP contribution in [-0.4, -0.2) is 6.54 Å². The van der Waals surface area contributed by atoms with Gasteiger partial charge in [0, 0.05) is 13.1 Å². The van der Waals surface area contributed by atoms with E-state index >= 15 is 0 Å². The van der Waals surface area contributed by atoms with Crippen molar-refractivity contribution in [1.29, 1.82) is 0 Å². The van der Waals surface area contributed by atoms with Gasteiger partial charge >= 0.3 is 0 Å². The average Bonchev–Trinajstić information content (AvgIpc) is 2.47. The first-order chi connectivity index (χ1) is 9.97. The Kier molecular flexibility index (Phi) is 5.44. The van der Waals surface area contributed by atoms with Crippen molar-refractivity contribution in [3.05, 3.63) is 71.3 Å². The van der Waals surface area contributed by atoms with Gasteiger partial charge in [0.2, 0.25) is 0 Å². The van der Waals surface area contributed by atoms with Gasteiger partial charge < -0.3 is 5.32 Å². The van der Waals surface area contributed by atoms with E-state index in [1.807, 2.05) is 18.2 Å². The maximum absolute atomic E-state index is 6.40. The summed E-state index contributed by atoms with van der Waals surface area (Å²) in [6.45, 7) is 8.32.